The summed E-state index contributed by atoms with van der Waals surface area (Å²) in [6.07, 6.45) is 8.19. The zero-order valence-corrected chi connectivity index (χ0v) is 18.4. The molecule has 0 aromatic heterocycles. The smallest absolute Gasteiger partial charge is 0.223 e. The largest absolute Gasteiger partial charge is 0.392 e. The van der Waals surface area contributed by atoms with E-state index in [1.165, 1.54) is 11.1 Å². The molecule has 3 N–H and O–H groups in total. The number of aliphatic hydroxyl groups is 2. The van der Waals surface area contributed by atoms with Gasteiger partial charge in [0.2, 0.25) is 5.91 Å². The quantitative estimate of drug-likeness (QED) is 0.430. The van der Waals surface area contributed by atoms with Gasteiger partial charge in [0.1, 0.15) is 0 Å². The number of amides is 1. The molecule has 0 unspecified atom stereocenters. The second-order valence-electron chi connectivity index (χ2n) is 9.10. The van der Waals surface area contributed by atoms with Crippen molar-refractivity contribution in [2.45, 2.75) is 44.8 Å². The van der Waals surface area contributed by atoms with Crippen LogP contribution in [-0.4, -0.2) is 60.4 Å². The van der Waals surface area contributed by atoms with Crippen LogP contribution >= 0.6 is 0 Å². The van der Waals surface area contributed by atoms with E-state index >= 15 is 0 Å². The predicted molar refractivity (Wildman–Crippen MR) is 120 cm³/mol. The summed E-state index contributed by atoms with van der Waals surface area (Å²) in [5.41, 5.74) is 3.69. The third-order valence-electron chi connectivity index (χ3n) is 6.40. The summed E-state index contributed by atoms with van der Waals surface area (Å²) in [5, 5.41) is 24.3. The Bertz CT molecular complexity index is 786. The molecule has 164 valence electrons. The molecular weight excluding hydrogens is 376 g/mol. The van der Waals surface area contributed by atoms with Gasteiger partial charge in [-0.2, -0.15) is 0 Å². The number of hydrogen-bond acceptors (Lipinski definition) is 4. The zero-order valence-electron chi connectivity index (χ0n) is 18.4. The van der Waals surface area contributed by atoms with Gasteiger partial charge < -0.3 is 20.4 Å². The summed E-state index contributed by atoms with van der Waals surface area (Å²) in [4.78, 5) is 13.3. The molecule has 1 saturated carbocycles. The molecule has 5 heteroatoms. The topological polar surface area (TPSA) is 72.8 Å². The third-order valence-corrected chi connectivity index (χ3v) is 6.40. The summed E-state index contributed by atoms with van der Waals surface area (Å²) in [6, 6.07) is 8.21. The van der Waals surface area contributed by atoms with Gasteiger partial charge in [-0.25, -0.2) is 0 Å². The third kappa shape index (κ3) is 6.03. The van der Waals surface area contributed by atoms with E-state index in [2.05, 4.69) is 30.4 Å². The first-order chi connectivity index (χ1) is 14.3. The number of carbonyl (C=O) groups excluding carboxylic acids is 1. The van der Waals surface area contributed by atoms with Crippen LogP contribution in [0, 0.1) is 24.7 Å². The molecule has 1 aromatic carbocycles. The highest BCUT2D eigenvalue weighted by atomic mass is 16.3. The van der Waals surface area contributed by atoms with Gasteiger partial charge in [0.25, 0.3) is 0 Å². The van der Waals surface area contributed by atoms with Gasteiger partial charge >= 0.3 is 0 Å². The van der Waals surface area contributed by atoms with Crippen molar-refractivity contribution in [2.24, 2.45) is 17.8 Å². The summed E-state index contributed by atoms with van der Waals surface area (Å²) in [5.74, 6) is 1.04. The van der Waals surface area contributed by atoms with E-state index in [1.54, 1.807) is 19.0 Å². The maximum atomic E-state index is 11.7. The lowest BCUT2D eigenvalue weighted by molar-refractivity contribution is -0.128. The number of hydrogen-bond donors (Lipinski definition) is 3. The Balaban J connectivity index is 1.47. The van der Waals surface area contributed by atoms with E-state index in [0.29, 0.717) is 31.2 Å². The number of nitrogens with zero attached hydrogens (tertiary/aromatic N) is 1. The van der Waals surface area contributed by atoms with Gasteiger partial charge in [0.15, 0.2) is 0 Å². The van der Waals surface area contributed by atoms with Crippen LogP contribution < -0.4 is 5.32 Å². The van der Waals surface area contributed by atoms with Gasteiger partial charge in [-0.05, 0) is 37.2 Å². The predicted octanol–water partition coefficient (Wildman–Crippen LogP) is 2.47. The van der Waals surface area contributed by atoms with Crippen LogP contribution in [0.1, 0.15) is 30.4 Å². The molecule has 0 radical (unpaired) electrons. The highest BCUT2D eigenvalue weighted by Gasteiger charge is 2.43. The molecule has 30 heavy (non-hydrogen) atoms. The fourth-order valence-electron chi connectivity index (χ4n) is 4.81. The summed E-state index contributed by atoms with van der Waals surface area (Å²) >= 11 is 0. The van der Waals surface area contributed by atoms with E-state index < -0.39 is 6.10 Å². The number of rotatable bonds is 9. The standard InChI is InChI=1S/C25H36N2O3/c1-17-5-4-6-18(11-17)13-21(28)7-8-22-23-14-19(12-20(23)15-24(22)29)16-26-10-9-25(30)27(2)3/h4-8,11-12,20-24,26,28-29H,9-10,13-16H2,1-3H3/t20-,21-,22+,23-,24+/m0/s1. The summed E-state index contributed by atoms with van der Waals surface area (Å²) in [6.45, 7) is 3.54. The van der Waals surface area contributed by atoms with Gasteiger partial charge in [-0.1, -0.05) is 53.6 Å². The van der Waals surface area contributed by atoms with Gasteiger partial charge in [0, 0.05) is 45.9 Å². The van der Waals surface area contributed by atoms with Crippen molar-refractivity contribution < 1.29 is 15.0 Å². The number of allylic oxidation sites excluding steroid dienone is 1. The lowest BCUT2D eigenvalue weighted by Gasteiger charge is -2.19. The molecule has 5 nitrogen and oxygen atoms in total. The van der Waals surface area contributed by atoms with Crippen molar-refractivity contribution in [1.29, 1.82) is 0 Å². The fraction of sp³-hybridized carbons (Fsp3) is 0.560. The minimum Gasteiger partial charge on any atom is -0.392 e. The van der Waals surface area contributed by atoms with Crippen LogP contribution in [-0.2, 0) is 11.2 Å². The molecule has 0 heterocycles. The molecule has 2 aliphatic rings. The normalized spacial score (nSPS) is 26.6. The Morgan fingerprint density at radius 2 is 2.17 bits per heavy atom. The van der Waals surface area contributed by atoms with E-state index in [4.69, 9.17) is 0 Å². The number of benzene rings is 1. The Morgan fingerprint density at radius 1 is 1.37 bits per heavy atom. The average molecular weight is 413 g/mol. The fourth-order valence-corrected chi connectivity index (χ4v) is 4.81. The Hall–Kier alpha value is -1.95. The second-order valence-corrected chi connectivity index (χ2v) is 9.10. The van der Waals surface area contributed by atoms with E-state index in [9.17, 15) is 15.0 Å². The van der Waals surface area contributed by atoms with Gasteiger partial charge in [-0.3, -0.25) is 4.79 Å². The van der Waals surface area contributed by atoms with E-state index in [1.807, 2.05) is 24.3 Å². The van der Waals surface area contributed by atoms with Crippen LogP contribution in [0.15, 0.2) is 48.1 Å². The number of aryl methyl sites for hydroxylation is 1. The van der Waals surface area contributed by atoms with Crippen LogP contribution in [0.3, 0.4) is 0 Å². The second kappa shape index (κ2) is 10.4. The van der Waals surface area contributed by atoms with Crippen LogP contribution in [0.4, 0.5) is 0 Å². The minimum atomic E-state index is -0.539. The van der Waals surface area contributed by atoms with Crippen LogP contribution in [0.25, 0.3) is 0 Å². The lowest BCUT2D eigenvalue weighted by atomic mass is 9.89. The first-order valence-corrected chi connectivity index (χ1v) is 11.0. The molecule has 5 atom stereocenters. The molecule has 0 bridgehead atoms. The van der Waals surface area contributed by atoms with Crippen molar-refractivity contribution in [3.05, 3.63) is 59.2 Å². The van der Waals surface area contributed by atoms with Gasteiger partial charge in [-0.15, -0.1) is 0 Å². The van der Waals surface area contributed by atoms with E-state index in [-0.39, 0.29) is 17.9 Å². The van der Waals surface area contributed by atoms with Gasteiger partial charge in [0.05, 0.1) is 12.2 Å². The van der Waals surface area contributed by atoms with E-state index in [0.717, 1.165) is 24.9 Å². The first-order valence-electron chi connectivity index (χ1n) is 11.0. The Morgan fingerprint density at radius 3 is 2.90 bits per heavy atom. The molecule has 0 spiro atoms. The average Bonchev–Trinajstić information content (AvgIpc) is 3.19. The first kappa shape index (κ1) is 22.7. The monoisotopic (exact) mass is 412 g/mol. The SMILES string of the molecule is Cc1cccc(C[C@@H](O)C=C[C@@H]2[C@H]3CC(CNCCC(=O)N(C)C)=C[C@H]3C[C@H]2O)c1. The summed E-state index contributed by atoms with van der Waals surface area (Å²) < 4.78 is 0. The highest BCUT2D eigenvalue weighted by molar-refractivity contribution is 5.75. The molecule has 0 aliphatic heterocycles. The van der Waals surface area contributed by atoms with Crippen molar-refractivity contribution in [1.82, 2.24) is 10.2 Å². The number of nitrogens with one attached hydrogen (secondary N) is 1. The molecule has 1 amide bonds. The Kier molecular flexibility index (Phi) is 7.87. The maximum Gasteiger partial charge on any atom is 0.223 e. The molecule has 1 fully saturated rings. The molecular formula is C25H36N2O3. The van der Waals surface area contributed by atoms with Crippen molar-refractivity contribution in [3.8, 4) is 0 Å². The number of carbonyl (C=O) groups is 1. The maximum absolute atomic E-state index is 11.7. The molecule has 2 aliphatic carbocycles. The minimum absolute atomic E-state index is 0.0891. The Labute approximate surface area is 180 Å². The van der Waals surface area contributed by atoms with Crippen LogP contribution in [0.2, 0.25) is 0 Å². The molecule has 0 saturated heterocycles. The lowest BCUT2D eigenvalue weighted by Crippen LogP contribution is -2.27. The van der Waals surface area contributed by atoms with Crippen molar-refractivity contribution in [3.63, 3.8) is 0 Å². The van der Waals surface area contributed by atoms with Crippen molar-refractivity contribution in [2.75, 3.05) is 27.2 Å². The van der Waals surface area contributed by atoms with Crippen molar-refractivity contribution >= 4 is 5.91 Å². The molecule has 3 rings (SSSR count). The number of fused-ring (bicyclic) bond motifs is 1. The highest BCUT2D eigenvalue weighted by Crippen LogP contribution is 2.47. The van der Waals surface area contributed by atoms with Crippen LogP contribution in [0.5, 0.6) is 0 Å². The summed E-state index contributed by atoms with van der Waals surface area (Å²) in [7, 11) is 3.56. The zero-order chi connectivity index (χ0) is 21.7. The number of aliphatic hydroxyl groups excluding tert-OH is 2. The molecule has 1 aromatic rings.